The van der Waals surface area contributed by atoms with E-state index in [9.17, 15) is 36.4 Å². The molecule has 0 aliphatic rings. The van der Waals surface area contributed by atoms with E-state index in [2.05, 4.69) is 20.0 Å². The molecule has 1 aromatic heterocycles. The highest BCUT2D eigenvalue weighted by atomic mass is 32.2. The molecule has 0 atom stereocenters. The van der Waals surface area contributed by atoms with E-state index < -0.39 is 46.1 Å². The van der Waals surface area contributed by atoms with E-state index in [0.717, 1.165) is 47.4 Å². The summed E-state index contributed by atoms with van der Waals surface area (Å²) >= 11 is 0. The van der Waals surface area contributed by atoms with Crippen LogP contribution in [-0.4, -0.2) is 59.4 Å². The first-order valence-electron chi connectivity index (χ1n) is 12.0. The first-order chi connectivity index (χ1) is 19.4. The average molecular weight is 613 g/mol. The summed E-state index contributed by atoms with van der Waals surface area (Å²) in [5.74, 6) is -1.80. The Hall–Kier alpha value is -4.67. The fourth-order valence-corrected chi connectivity index (χ4v) is 4.42. The number of benzene rings is 2. The van der Waals surface area contributed by atoms with Crippen molar-refractivity contribution in [2.45, 2.75) is 44.3 Å². The third-order valence-electron chi connectivity index (χ3n) is 6.03. The summed E-state index contributed by atoms with van der Waals surface area (Å²) in [5.41, 5.74) is -1.31. The molecule has 0 saturated heterocycles. The highest BCUT2D eigenvalue weighted by Gasteiger charge is 2.41. The molecule has 0 aliphatic carbocycles. The van der Waals surface area contributed by atoms with Gasteiger partial charge in [0.1, 0.15) is 0 Å². The Morgan fingerprint density at radius 2 is 1.71 bits per heavy atom. The van der Waals surface area contributed by atoms with Gasteiger partial charge in [0.25, 0.3) is 22.7 Å². The lowest BCUT2D eigenvalue weighted by atomic mass is 10.1. The molecule has 0 spiro atoms. The smallest absolute Gasteiger partial charge is 0.435 e. The molecule has 1 amide bonds. The van der Waals surface area contributed by atoms with E-state index in [1.165, 1.54) is 26.0 Å². The Balaban J connectivity index is 1.84. The van der Waals surface area contributed by atoms with Crippen molar-refractivity contribution in [1.82, 2.24) is 19.5 Å². The first kappa shape index (κ1) is 31.9. The lowest BCUT2D eigenvalue weighted by Crippen LogP contribution is -2.56. The molecule has 226 valence electrons. The predicted molar refractivity (Wildman–Crippen MR) is 140 cm³/mol. The predicted octanol–water partition coefficient (Wildman–Crippen LogP) is 3.71. The van der Waals surface area contributed by atoms with Crippen LogP contribution < -0.4 is 4.72 Å². The van der Waals surface area contributed by atoms with Crippen LogP contribution in [0.15, 0.2) is 64.8 Å². The maximum atomic E-state index is 13.5. The second-order valence-electron chi connectivity index (χ2n) is 9.42. The topological polar surface area (TPSA) is 158 Å². The SMILES string of the molecule is CC(=O)OCO/N=[N+](\[O-])N(C)C(C)(C)C(=O)NS(=O)(=O)c1ccc(-n2nc(C(F)(F)F)cc2-c2ccc(C)cc2)cc1. The molecule has 3 rings (SSSR count). The number of carbonyl (C=O) groups is 2. The second-order valence-corrected chi connectivity index (χ2v) is 11.1. The van der Waals surface area contributed by atoms with E-state index in [-0.39, 0.29) is 21.2 Å². The molecular formula is C25H27F3N6O7S. The molecule has 13 nitrogen and oxygen atoms in total. The van der Waals surface area contributed by atoms with E-state index >= 15 is 0 Å². The number of alkyl halides is 3. The number of aryl methyl sites for hydroxylation is 1. The molecule has 0 saturated carbocycles. The minimum Gasteiger partial charge on any atom is -0.569 e. The summed E-state index contributed by atoms with van der Waals surface area (Å²) in [4.78, 5) is 27.6. The van der Waals surface area contributed by atoms with Crippen LogP contribution in [0.2, 0.25) is 0 Å². The van der Waals surface area contributed by atoms with Crippen molar-refractivity contribution in [3.63, 3.8) is 0 Å². The number of rotatable bonds is 10. The van der Waals surface area contributed by atoms with Crippen LogP contribution in [0.5, 0.6) is 0 Å². The summed E-state index contributed by atoms with van der Waals surface area (Å²) in [6.45, 7) is 4.73. The van der Waals surface area contributed by atoms with Gasteiger partial charge in [0.2, 0.25) is 5.28 Å². The van der Waals surface area contributed by atoms with Crippen molar-refractivity contribution in [3.8, 4) is 16.9 Å². The first-order valence-corrected chi connectivity index (χ1v) is 13.5. The number of nitrogens with one attached hydrogen (secondary N) is 1. The third kappa shape index (κ3) is 7.34. The Morgan fingerprint density at radius 3 is 2.26 bits per heavy atom. The van der Waals surface area contributed by atoms with Crippen LogP contribution in [0.1, 0.15) is 32.0 Å². The normalized spacial score (nSPS) is 12.5. The van der Waals surface area contributed by atoms with Crippen molar-refractivity contribution < 1.29 is 45.7 Å². The minimum atomic E-state index is -4.72. The van der Waals surface area contributed by atoms with Gasteiger partial charge in [-0.3, -0.25) is 9.59 Å². The van der Waals surface area contributed by atoms with Crippen LogP contribution >= 0.6 is 0 Å². The van der Waals surface area contributed by atoms with E-state index in [0.29, 0.717) is 5.56 Å². The maximum Gasteiger partial charge on any atom is 0.435 e. The standard InChI is InChI=1S/C25H27F3N6O7S/c1-16-6-8-18(9-7-16)21-14-22(25(26,27)28)29-33(21)19-10-12-20(13-11-19)42(38,39)30-23(36)24(3,4)32(5)34(37)31-41-15-40-17(2)35/h6-14H,15H2,1-5H3,(H,30,36)/b34-31-. The van der Waals surface area contributed by atoms with Crippen LogP contribution in [-0.2, 0) is 35.4 Å². The second kappa shape index (κ2) is 12.1. The summed E-state index contributed by atoms with van der Waals surface area (Å²) in [5, 5.41) is 19.7. The largest absolute Gasteiger partial charge is 0.569 e. The molecule has 0 bridgehead atoms. The maximum absolute atomic E-state index is 13.5. The molecule has 1 N–H and O–H groups in total. The van der Waals surface area contributed by atoms with Gasteiger partial charge in [-0.1, -0.05) is 29.8 Å². The number of carbonyl (C=O) groups excluding carboxylic acids is 2. The van der Waals surface area contributed by atoms with Crippen LogP contribution in [0, 0.1) is 12.1 Å². The van der Waals surface area contributed by atoms with Gasteiger partial charge in [0.05, 0.1) is 28.3 Å². The highest BCUT2D eigenvalue weighted by molar-refractivity contribution is 7.90. The lowest BCUT2D eigenvalue weighted by Gasteiger charge is -2.29. The van der Waals surface area contributed by atoms with E-state index in [1.807, 2.05) is 11.6 Å². The van der Waals surface area contributed by atoms with Gasteiger partial charge in [-0.2, -0.15) is 18.3 Å². The summed E-state index contributed by atoms with van der Waals surface area (Å²) in [6.07, 6.45) is -4.72. The zero-order valence-corrected chi connectivity index (χ0v) is 23.9. The number of halogens is 3. The van der Waals surface area contributed by atoms with Gasteiger partial charge in [-0.15, -0.1) is 5.01 Å². The van der Waals surface area contributed by atoms with Crippen molar-refractivity contribution in [2.24, 2.45) is 5.28 Å². The van der Waals surface area contributed by atoms with E-state index in [4.69, 9.17) is 0 Å². The molecule has 0 unspecified atom stereocenters. The summed E-state index contributed by atoms with van der Waals surface area (Å²) in [7, 11) is -3.36. The Labute approximate surface area is 238 Å². The Kier molecular flexibility index (Phi) is 9.14. The summed E-state index contributed by atoms with van der Waals surface area (Å²) < 4.78 is 73.7. The molecule has 0 aliphatic heterocycles. The molecule has 3 aromatic rings. The highest BCUT2D eigenvalue weighted by Crippen LogP contribution is 2.33. The Bertz CT molecular complexity index is 1590. The quantitative estimate of drug-likeness (QED) is 0.0900. The average Bonchev–Trinajstić information content (AvgIpc) is 3.37. The lowest BCUT2D eigenvalue weighted by molar-refractivity contribution is -0.717. The number of sulfonamides is 1. The fraction of sp³-hybridized carbons (Fsp3) is 0.320. The minimum absolute atomic E-state index is 0.125. The van der Waals surface area contributed by atoms with E-state index in [1.54, 1.807) is 24.3 Å². The number of amides is 1. The zero-order chi connectivity index (χ0) is 31.5. The summed E-state index contributed by atoms with van der Waals surface area (Å²) in [6, 6.07) is 12.3. The molecule has 0 fully saturated rings. The number of aromatic nitrogens is 2. The van der Waals surface area contributed by atoms with Gasteiger partial charge in [0, 0.05) is 12.5 Å². The van der Waals surface area contributed by atoms with Crippen LogP contribution in [0.25, 0.3) is 16.9 Å². The molecule has 2 aromatic carbocycles. The monoisotopic (exact) mass is 612 g/mol. The third-order valence-corrected chi connectivity index (χ3v) is 7.38. The zero-order valence-electron chi connectivity index (χ0n) is 23.0. The number of ether oxygens (including phenoxy) is 1. The van der Waals surface area contributed by atoms with Crippen molar-refractivity contribution in [3.05, 3.63) is 71.1 Å². The molecule has 0 radical (unpaired) electrons. The van der Waals surface area contributed by atoms with Crippen molar-refractivity contribution in [2.75, 3.05) is 13.8 Å². The van der Waals surface area contributed by atoms with Crippen molar-refractivity contribution >= 4 is 21.9 Å². The molecular weight excluding hydrogens is 585 g/mol. The number of hydrazine groups is 1. The number of hydrogen-bond acceptors (Lipinski definition) is 9. The number of esters is 1. The Morgan fingerprint density at radius 1 is 1.12 bits per heavy atom. The molecule has 1 heterocycles. The van der Waals surface area contributed by atoms with Gasteiger partial charge in [-0.25, -0.2) is 17.8 Å². The molecule has 17 heteroatoms. The van der Waals surface area contributed by atoms with Gasteiger partial charge >= 0.3 is 12.1 Å². The van der Waals surface area contributed by atoms with Gasteiger partial charge < -0.3 is 14.8 Å². The number of nitrogens with zero attached hydrogens (tertiary/aromatic N) is 5. The fourth-order valence-electron chi connectivity index (χ4n) is 3.32. The van der Waals surface area contributed by atoms with Crippen LogP contribution in [0.4, 0.5) is 13.2 Å². The molecule has 42 heavy (non-hydrogen) atoms. The van der Waals surface area contributed by atoms with Gasteiger partial charge in [0.15, 0.2) is 11.2 Å². The number of hydrogen-bond donors (Lipinski definition) is 1. The van der Waals surface area contributed by atoms with Crippen LogP contribution in [0.3, 0.4) is 0 Å². The van der Waals surface area contributed by atoms with Gasteiger partial charge in [-0.05, 0) is 51.1 Å². The van der Waals surface area contributed by atoms with Crippen molar-refractivity contribution in [1.29, 1.82) is 0 Å². The number of likely N-dealkylation sites (N-methyl/N-ethyl adjacent to an activating group) is 1.